The second-order valence-electron chi connectivity index (χ2n) is 3.10. The number of benzene rings is 1. The van der Waals surface area contributed by atoms with Crippen LogP contribution >= 0.6 is 15.9 Å². The minimum atomic E-state index is -0.370. The molecule has 0 radical (unpaired) electrons. The van der Waals surface area contributed by atoms with Gasteiger partial charge in [0.25, 0.3) is 5.89 Å². The van der Waals surface area contributed by atoms with Crippen molar-refractivity contribution < 1.29 is 13.7 Å². The minimum Gasteiger partial charge on any atom is -0.330 e. The summed E-state index contributed by atoms with van der Waals surface area (Å²) in [5, 5.41) is 3.64. The van der Waals surface area contributed by atoms with Crippen molar-refractivity contribution >= 4 is 21.7 Å². The standard InChI is InChI=1S/C10H6BrFN2O2/c1-5(15)10-13-9(14-16-10)7-3-2-6(12)4-8(7)11/h2-4H,1H3. The van der Waals surface area contributed by atoms with E-state index in [4.69, 9.17) is 4.52 Å². The lowest BCUT2D eigenvalue weighted by Crippen LogP contribution is -1.91. The molecule has 0 aliphatic heterocycles. The van der Waals surface area contributed by atoms with Crippen molar-refractivity contribution in [3.8, 4) is 11.4 Å². The zero-order valence-electron chi connectivity index (χ0n) is 8.20. The summed E-state index contributed by atoms with van der Waals surface area (Å²) in [6.45, 7) is 1.33. The zero-order valence-corrected chi connectivity index (χ0v) is 9.78. The molecule has 0 saturated carbocycles. The molecule has 0 aliphatic carbocycles. The number of ketones is 1. The summed E-state index contributed by atoms with van der Waals surface area (Å²) in [7, 11) is 0. The van der Waals surface area contributed by atoms with E-state index in [-0.39, 0.29) is 23.3 Å². The van der Waals surface area contributed by atoms with E-state index < -0.39 is 0 Å². The van der Waals surface area contributed by atoms with Crippen molar-refractivity contribution in [1.82, 2.24) is 10.1 Å². The van der Waals surface area contributed by atoms with E-state index in [1.807, 2.05) is 0 Å². The van der Waals surface area contributed by atoms with Crippen LogP contribution in [0.4, 0.5) is 4.39 Å². The van der Waals surface area contributed by atoms with Gasteiger partial charge in [0.2, 0.25) is 11.6 Å². The van der Waals surface area contributed by atoms with Crippen molar-refractivity contribution in [1.29, 1.82) is 0 Å². The number of carbonyl (C=O) groups excluding carboxylic acids is 1. The van der Waals surface area contributed by atoms with E-state index in [1.165, 1.54) is 25.1 Å². The summed E-state index contributed by atoms with van der Waals surface area (Å²) < 4.78 is 18.1. The third-order valence-electron chi connectivity index (χ3n) is 1.90. The van der Waals surface area contributed by atoms with Gasteiger partial charge in [-0.05, 0) is 34.1 Å². The van der Waals surface area contributed by atoms with E-state index >= 15 is 0 Å². The molecular formula is C10H6BrFN2O2. The molecule has 82 valence electrons. The van der Waals surface area contributed by atoms with Gasteiger partial charge in [0.15, 0.2) is 0 Å². The molecule has 2 rings (SSSR count). The summed E-state index contributed by atoms with van der Waals surface area (Å²) in [5.41, 5.74) is 0.567. The van der Waals surface area contributed by atoms with Crippen LogP contribution in [-0.4, -0.2) is 15.9 Å². The van der Waals surface area contributed by atoms with Crippen LogP contribution in [-0.2, 0) is 0 Å². The molecule has 0 bridgehead atoms. The number of carbonyl (C=O) groups is 1. The highest BCUT2D eigenvalue weighted by molar-refractivity contribution is 9.10. The Hall–Kier alpha value is -1.56. The third kappa shape index (κ3) is 2.01. The molecular weight excluding hydrogens is 279 g/mol. The summed E-state index contributed by atoms with van der Waals surface area (Å²) >= 11 is 3.18. The van der Waals surface area contributed by atoms with Crippen LogP contribution in [0.25, 0.3) is 11.4 Å². The lowest BCUT2D eigenvalue weighted by Gasteiger charge is -1.97. The van der Waals surface area contributed by atoms with Gasteiger partial charge in [-0.15, -0.1) is 0 Å². The molecule has 0 fully saturated rings. The average Bonchev–Trinajstić information content (AvgIpc) is 2.66. The van der Waals surface area contributed by atoms with Crippen molar-refractivity contribution in [2.45, 2.75) is 6.92 Å². The number of rotatable bonds is 2. The molecule has 0 spiro atoms. The highest BCUT2D eigenvalue weighted by Crippen LogP contribution is 2.26. The molecule has 1 aromatic carbocycles. The molecule has 0 atom stereocenters. The molecule has 0 amide bonds. The molecule has 1 aromatic heterocycles. The normalized spacial score (nSPS) is 10.4. The first-order valence-corrected chi connectivity index (χ1v) is 5.17. The summed E-state index contributed by atoms with van der Waals surface area (Å²) in [6.07, 6.45) is 0. The fourth-order valence-corrected chi connectivity index (χ4v) is 1.67. The lowest BCUT2D eigenvalue weighted by atomic mass is 10.2. The van der Waals surface area contributed by atoms with E-state index in [1.54, 1.807) is 0 Å². The Kier molecular flexibility index (Phi) is 2.82. The fraction of sp³-hybridized carbons (Fsp3) is 0.100. The van der Waals surface area contributed by atoms with Crippen LogP contribution in [0.3, 0.4) is 0 Å². The van der Waals surface area contributed by atoms with Crippen LogP contribution in [0.2, 0.25) is 0 Å². The van der Waals surface area contributed by atoms with Gasteiger partial charge in [-0.3, -0.25) is 4.79 Å². The average molecular weight is 285 g/mol. The molecule has 4 nitrogen and oxygen atoms in total. The highest BCUT2D eigenvalue weighted by Gasteiger charge is 2.14. The quantitative estimate of drug-likeness (QED) is 0.796. The van der Waals surface area contributed by atoms with Crippen molar-refractivity contribution in [2.75, 3.05) is 0 Å². The number of hydrogen-bond acceptors (Lipinski definition) is 4. The molecule has 2 aromatic rings. The number of Topliss-reactive ketones (excluding diaryl/α,β-unsaturated/α-hetero) is 1. The smallest absolute Gasteiger partial charge is 0.294 e. The van der Waals surface area contributed by atoms with Gasteiger partial charge < -0.3 is 4.52 Å². The van der Waals surface area contributed by atoms with Crippen LogP contribution < -0.4 is 0 Å². The first-order valence-electron chi connectivity index (χ1n) is 4.38. The van der Waals surface area contributed by atoms with Crippen molar-refractivity contribution in [3.63, 3.8) is 0 Å². The Morgan fingerprint density at radius 3 is 2.81 bits per heavy atom. The van der Waals surface area contributed by atoms with Crippen molar-refractivity contribution in [2.24, 2.45) is 0 Å². The Balaban J connectivity index is 2.46. The maximum Gasteiger partial charge on any atom is 0.294 e. The van der Waals surface area contributed by atoms with Crippen LogP contribution in [0.1, 0.15) is 17.6 Å². The lowest BCUT2D eigenvalue weighted by molar-refractivity contribution is 0.0972. The Labute approximate surface area is 98.6 Å². The molecule has 16 heavy (non-hydrogen) atoms. The summed E-state index contributed by atoms with van der Waals surface area (Å²) in [5.74, 6) is -0.494. The number of hydrogen-bond donors (Lipinski definition) is 0. The number of aromatic nitrogens is 2. The number of halogens is 2. The van der Waals surface area contributed by atoms with E-state index in [0.717, 1.165) is 0 Å². The molecule has 0 saturated heterocycles. The maximum atomic E-state index is 12.8. The summed E-state index contributed by atoms with van der Waals surface area (Å²) in [6, 6.07) is 4.08. The van der Waals surface area contributed by atoms with Gasteiger partial charge in [0, 0.05) is 17.0 Å². The molecule has 0 N–H and O–H groups in total. The van der Waals surface area contributed by atoms with Gasteiger partial charge in [0.05, 0.1) is 0 Å². The van der Waals surface area contributed by atoms with Gasteiger partial charge in [0.1, 0.15) is 5.82 Å². The van der Waals surface area contributed by atoms with Crippen LogP contribution in [0.5, 0.6) is 0 Å². The largest absolute Gasteiger partial charge is 0.330 e. The SMILES string of the molecule is CC(=O)c1nc(-c2ccc(F)cc2Br)no1. The van der Waals surface area contributed by atoms with E-state index in [0.29, 0.717) is 10.0 Å². The third-order valence-corrected chi connectivity index (χ3v) is 2.56. The zero-order chi connectivity index (χ0) is 11.7. The minimum absolute atomic E-state index is 0.0637. The first kappa shape index (κ1) is 10.9. The van der Waals surface area contributed by atoms with E-state index in [9.17, 15) is 9.18 Å². The highest BCUT2D eigenvalue weighted by atomic mass is 79.9. The topological polar surface area (TPSA) is 56.0 Å². The second-order valence-corrected chi connectivity index (χ2v) is 3.96. The van der Waals surface area contributed by atoms with Crippen molar-refractivity contribution in [3.05, 3.63) is 34.4 Å². The van der Waals surface area contributed by atoms with Gasteiger partial charge in [-0.1, -0.05) is 5.16 Å². The Bertz CT molecular complexity index is 554. The van der Waals surface area contributed by atoms with E-state index in [2.05, 4.69) is 26.1 Å². The van der Waals surface area contributed by atoms with Gasteiger partial charge in [-0.2, -0.15) is 4.98 Å². The second kappa shape index (κ2) is 4.13. The summed E-state index contributed by atoms with van der Waals surface area (Å²) in [4.78, 5) is 14.9. The Morgan fingerprint density at radius 1 is 1.50 bits per heavy atom. The van der Waals surface area contributed by atoms with Gasteiger partial charge >= 0.3 is 0 Å². The van der Waals surface area contributed by atoms with Crippen LogP contribution in [0, 0.1) is 5.82 Å². The number of nitrogens with zero attached hydrogens (tertiary/aromatic N) is 2. The molecule has 6 heteroatoms. The first-order chi connectivity index (χ1) is 7.58. The van der Waals surface area contributed by atoms with Crippen LogP contribution in [0.15, 0.2) is 27.2 Å². The molecule has 0 aliphatic rings. The predicted octanol–water partition coefficient (Wildman–Crippen LogP) is 2.84. The fourth-order valence-electron chi connectivity index (χ4n) is 1.15. The molecule has 1 heterocycles. The predicted molar refractivity (Wildman–Crippen MR) is 57.4 cm³/mol. The molecule has 0 unspecified atom stereocenters. The van der Waals surface area contributed by atoms with Gasteiger partial charge in [-0.25, -0.2) is 4.39 Å². The Morgan fingerprint density at radius 2 is 2.25 bits per heavy atom. The monoisotopic (exact) mass is 284 g/mol. The maximum absolute atomic E-state index is 12.8.